The molecule has 0 aromatic carbocycles. The first-order chi connectivity index (χ1) is 6.13. The second kappa shape index (κ2) is 4.07. The van der Waals surface area contributed by atoms with Crippen molar-refractivity contribution in [1.29, 1.82) is 0 Å². The van der Waals surface area contributed by atoms with Gasteiger partial charge in [0.1, 0.15) is 0 Å². The van der Waals surface area contributed by atoms with Gasteiger partial charge in [-0.05, 0) is 6.42 Å². The molecule has 0 aliphatic heterocycles. The Kier molecular flexibility index (Phi) is 3.06. The second-order valence-corrected chi connectivity index (χ2v) is 3.11. The van der Waals surface area contributed by atoms with Crippen LogP contribution >= 0.6 is 0 Å². The molecule has 4 nitrogen and oxygen atoms in total. The van der Waals surface area contributed by atoms with Crippen LogP contribution in [0, 0.1) is 0 Å². The molecule has 1 heterocycles. The highest BCUT2D eigenvalue weighted by atomic mass is 16.5. The van der Waals surface area contributed by atoms with Crippen LogP contribution < -0.4 is 5.32 Å². The highest BCUT2D eigenvalue weighted by molar-refractivity contribution is 5.87. The topological polar surface area (TPSA) is 55.1 Å². The summed E-state index contributed by atoms with van der Waals surface area (Å²) in [5, 5.41) is 6.39. The minimum Gasteiger partial charge on any atom is -0.338 e. The lowest BCUT2D eigenvalue weighted by atomic mass is 10.1. The van der Waals surface area contributed by atoms with Gasteiger partial charge >= 0.3 is 0 Å². The first kappa shape index (κ1) is 9.77. The minimum absolute atomic E-state index is 0.146. The molecule has 1 aromatic rings. The predicted octanol–water partition coefficient (Wildman–Crippen LogP) is 2.15. The van der Waals surface area contributed by atoms with Crippen molar-refractivity contribution in [2.75, 3.05) is 5.32 Å². The van der Waals surface area contributed by atoms with Gasteiger partial charge in [-0.15, -0.1) is 0 Å². The summed E-state index contributed by atoms with van der Waals surface area (Å²) in [6.45, 7) is 5.58. The fraction of sp³-hybridized carbons (Fsp3) is 0.556. The normalized spacial score (nSPS) is 12.5. The third-order valence-electron chi connectivity index (χ3n) is 1.94. The molecule has 0 radical (unpaired) electrons. The lowest BCUT2D eigenvalue weighted by Gasteiger charge is -1.99. The standard InChI is InChI=1S/C9H14N2O2/c1-4-6(2)8-5-9(13-11-8)10-7(3)12/h5-6H,4H2,1-3H3,(H,10,12). The molecule has 13 heavy (non-hydrogen) atoms. The largest absolute Gasteiger partial charge is 0.338 e. The molecule has 0 aliphatic rings. The molecule has 1 N–H and O–H groups in total. The summed E-state index contributed by atoms with van der Waals surface area (Å²) in [7, 11) is 0. The minimum atomic E-state index is -0.146. The zero-order chi connectivity index (χ0) is 9.84. The Hall–Kier alpha value is -1.32. The Morgan fingerprint density at radius 2 is 2.46 bits per heavy atom. The Morgan fingerprint density at radius 3 is 3.00 bits per heavy atom. The monoisotopic (exact) mass is 182 g/mol. The van der Waals surface area contributed by atoms with E-state index in [1.54, 1.807) is 6.07 Å². The van der Waals surface area contributed by atoms with Gasteiger partial charge in [-0.3, -0.25) is 10.1 Å². The predicted molar refractivity (Wildman–Crippen MR) is 49.5 cm³/mol. The molecule has 1 amide bonds. The van der Waals surface area contributed by atoms with Crippen molar-refractivity contribution in [2.24, 2.45) is 0 Å². The molecule has 0 saturated heterocycles. The van der Waals surface area contributed by atoms with E-state index in [0.29, 0.717) is 11.8 Å². The van der Waals surface area contributed by atoms with Crippen molar-refractivity contribution < 1.29 is 9.32 Å². The molecule has 1 atom stereocenters. The lowest BCUT2D eigenvalue weighted by Crippen LogP contribution is -2.04. The average Bonchev–Trinajstić information content (AvgIpc) is 2.50. The van der Waals surface area contributed by atoms with Crippen molar-refractivity contribution >= 4 is 11.8 Å². The van der Waals surface area contributed by atoms with Crippen LogP contribution in [0.5, 0.6) is 0 Å². The van der Waals surface area contributed by atoms with Gasteiger partial charge in [-0.1, -0.05) is 19.0 Å². The van der Waals surface area contributed by atoms with Crippen molar-refractivity contribution in [3.63, 3.8) is 0 Å². The Morgan fingerprint density at radius 1 is 1.77 bits per heavy atom. The lowest BCUT2D eigenvalue weighted by molar-refractivity contribution is -0.114. The molecule has 0 bridgehead atoms. The van der Waals surface area contributed by atoms with Crippen LogP contribution in [-0.4, -0.2) is 11.1 Å². The summed E-state index contributed by atoms with van der Waals surface area (Å²) >= 11 is 0. The third-order valence-corrected chi connectivity index (χ3v) is 1.94. The summed E-state index contributed by atoms with van der Waals surface area (Å²) in [6, 6.07) is 1.76. The van der Waals surface area contributed by atoms with Crippen LogP contribution in [0.4, 0.5) is 5.88 Å². The van der Waals surface area contributed by atoms with E-state index < -0.39 is 0 Å². The van der Waals surface area contributed by atoms with Gasteiger partial charge in [0.25, 0.3) is 0 Å². The Labute approximate surface area is 77.3 Å². The van der Waals surface area contributed by atoms with Gasteiger partial charge in [-0.25, -0.2) is 0 Å². The highest BCUT2D eigenvalue weighted by Crippen LogP contribution is 2.20. The number of hydrogen-bond donors (Lipinski definition) is 1. The van der Waals surface area contributed by atoms with Gasteiger partial charge in [0.05, 0.1) is 5.69 Å². The molecule has 4 heteroatoms. The van der Waals surface area contributed by atoms with Gasteiger partial charge in [0, 0.05) is 18.9 Å². The molecular weight excluding hydrogens is 168 g/mol. The van der Waals surface area contributed by atoms with Crippen molar-refractivity contribution in [2.45, 2.75) is 33.1 Å². The number of carbonyl (C=O) groups is 1. The number of amides is 1. The van der Waals surface area contributed by atoms with Gasteiger partial charge in [0.2, 0.25) is 11.8 Å². The van der Waals surface area contributed by atoms with E-state index in [9.17, 15) is 4.79 Å². The van der Waals surface area contributed by atoms with E-state index in [0.717, 1.165) is 12.1 Å². The quantitative estimate of drug-likeness (QED) is 0.779. The molecule has 0 fully saturated rings. The van der Waals surface area contributed by atoms with E-state index in [1.807, 2.05) is 0 Å². The number of anilines is 1. The zero-order valence-corrected chi connectivity index (χ0v) is 8.13. The van der Waals surface area contributed by atoms with Crippen LogP contribution in [0.15, 0.2) is 10.6 Å². The molecule has 1 aromatic heterocycles. The van der Waals surface area contributed by atoms with Crippen molar-refractivity contribution in [3.8, 4) is 0 Å². The van der Waals surface area contributed by atoms with E-state index in [-0.39, 0.29) is 5.91 Å². The summed E-state index contributed by atoms with van der Waals surface area (Å²) in [5.41, 5.74) is 0.881. The highest BCUT2D eigenvalue weighted by Gasteiger charge is 2.10. The summed E-state index contributed by atoms with van der Waals surface area (Å²) in [5.74, 6) is 0.640. The average molecular weight is 182 g/mol. The maximum Gasteiger partial charge on any atom is 0.231 e. The van der Waals surface area contributed by atoms with E-state index in [1.165, 1.54) is 6.92 Å². The fourth-order valence-corrected chi connectivity index (χ4v) is 0.963. The first-order valence-electron chi connectivity index (χ1n) is 4.37. The van der Waals surface area contributed by atoms with Crippen LogP contribution in [-0.2, 0) is 4.79 Å². The molecule has 1 unspecified atom stereocenters. The fourth-order valence-electron chi connectivity index (χ4n) is 0.963. The molecule has 0 aliphatic carbocycles. The van der Waals surface area contributed by atoms with E-state index in [4.69, 9.17) is 4.52 Å². The van der Waals surface area contributed by atoms with Gasteiger partial charge in [0.15, 0.2) is 0 Å². The second-order valence-electron chi connectivity index (χ2n) is 3.11. The molecule has 72 valence electrons. The molecule has 1 rings (SSSR count). The third kappa shape index (κ3) is 2.57. The SMILES string of the molecule is CCC(C)c1cc(NC(C)=O)on1. The van der Waals surface area contributed by atoms with Crippen LogP contribution in [0.3, 0.4) is 0 Å². The molecular formula is C9H14N2O2. The maximum absolute atomic E-state index is 10.7. The van der Waals surface area contributed by atoms with Crippen molar-refractivity contribution in [3.05, 3.63) is 11.8 Å². The molecule has 0 saturated carbocycles. The van der Waals surface area contributed by atoms with Crippen LogP contribution in [0.2, 0.25) is 0 Å². The van der Waals surface area contributed by atoms with E-state index in [2.05, 4.69) is 24.3 Å². The molecule has 0 spiro atoms. The Bertz CT molecular complexity index is 294. The summed E-state index contributed by atoms with van der Waals surface area (Å²) in [6.07, 6.45) is 1.01. The zero-order valence-electron chi connectivity index (χ0n) is 8.13. The smallest absolute Gasteiger partial charge is 0.231 e. The number of hydrogen-bond acceptors (Lipinski definition) is 3. The maximum atomic E-state index is 10.7. The van der Waals surface area contributed by atoms with Gasteiger partial charge < -0.3 is 4.52 Å². The Balaban J connectivity index is 2.68. The number of carbonyl (C=O) groups excluding carboxylic acids is 1. The summed E-state index contributed by atoms with van der Waals surface area (Å²) in [4.78, 5) is 10.7. The first-order valence-corrected chi connectivity index (χ1v) is 4.37. The number of nitrogens with zero attached hydrogens (tertiary/aromatic N) is 1. The van der Waals surface area contributed by atoms with Crippen molar-refractivity contribution in [1.82, 2.24) is 5.16 Å². The van der Waals surface area contributed by atoms with Crippen LogP contribution in [0.25, 0.3) is 0 Å². The summed E-state index contributed by atoms with van der Waals surface area (Å²) < 4.78 is 4.92. The van der Waals surface area contributed by atoms with Crippen LogP contribution in [0.1, 0.15) is 38.8 Å². The van der Waals surface area contributed by atoms with Gasteiger partial charge in [-0.2, -0.15) is 0 Å². The van der Waals surface area contributed by atoms with E-state index >= 15 is 0 Å². The number of rotatable bonds is 3. The number of nitrogens with one attached hydrogen (secondary N) is 1. The number of aromatic nitrogens is 1.